The molecule has 5 nitrogen and oxygen atoms in total. The van der Waals surface area contributed by atoms with E-state index in [9.17, 15) is 8.42 Å². The first-order chi connectivity index (χ1) is 7.96. The third-order valence-corrected chi connectivity index (χ3v) is 4.74. The predicted octanol–water partition coefficient (Wildman–Crippen LogP) is 1.43. The maximum atomic E-state index is 11.3. The van der Waals surface area contributed by atoms with Crippen LogP contribution in [0.2, 0.25) is 5.28 Å². The Kier molecular flexibility index (Phi) is 3.53. The highest BCUT2D eigenvalue weighted by molar-refractivity contribution is 7.91. The van der Waals surface area contributed by atoms with Gasteiger partial charge in [0, 0.05) is 17.8 Å². The molecule has 1 fully saturated rings. The van der Waals surface area contributed by atoms with Crippen molar-refractivity contribution in [2.24, 2.45) is 0 Å². The second kappa shape index (κ2) is 4.78. The van der Waals surface area contributed by atoms with Crippen LogP contribution < -0.4 is 5.32 Å². The molecule has 0 atom stereocenters. The van der Waals surface area contributed by atoms with Gasteiger partial charge in [0.2, 0.25) is 5.28 Å². The zero-order valence-electron chi connectivity index (χ0n) is 9.48. The monoisotopic (exact) mass is 275 g/mol. The van der Waals surface area contributed by atoms with E-state index in [-0.39, 0.29) is 22.8 Å². The van der Waals surface area contributed by atoms with E-state index in [1.54, 1.807) is 6.20 Å². The summed E-state index contributed by atoms with van der Waals surface area (Å²) in [5.41, 5.74) is 0.905. The second-order valence-electron chi connectivity index (χ2n) is 4.24. The molecular weight excluding hydrogens is 262 g/mol. The number of hydrogen-bond acceptors (Lipinski definition) is 5. The molecule has 0 radical (unpaired) electrons. The molecule has 0 aliphatic carbocycles. The lowest BCUT2D eigenvalue weighted by Crippen LogP contribution is -2.32. The van der Waals surface area contributed by atoms with Crippen LogP contribution in [-0.4, -0.2) is 35.9 Å². The summed E-state index contributed by atoms with van der Waals surface area (Å²) in [6.07, 6.45) is 2.88. The maximum absolute atomic E-state index is 11.3. The summed E-state index contributed by atoms with van der Waals surface area (Å²) in [4.78, 5) is 7.97. The molecule has 0 aromatic carbocycles. The lowest BCUT2D eigenvalue weighted by molar-refractivity contribution is 0.559. The molecule has 0 unspecified atom stereocenters. The summed E-state index contributed by atoms with van der Waals surface area (Å²) in [7, 11) is -2.83. The average molecular weight is 276 g/mol. The molecule has 0 bridgehead atoms. The van der Waals surface area contributed by atoms with Crippen molar-refractivity contribution in [2.45, 2.75) is 25.8 Å². The van der Waals surface area contributed by atoms with Crippen molar-refractivity contribution in [3.05, 3.63) is 17.0 Å². The van der Waals surface area contributed by atoms with Crippen LogP contribution in [0, 0.1) is 6.92 Å². The highest BCUT2D eigenvalue weighted by atomic mass is 35.5. The topological polar surface area (TPSA) is 72.0 Å². The summed E-state index contributed by atoms with van der Waals surface area (Å²) < 4.78 is 22.6. The maximum Gasteiger partial charge on any atom is 0.224 e. The van der Waals surface area contributed by atoms with Gasteiger partial charge in [0.25, 0.3) is 0 Å². The number of anilines is 1. The molecular formula is C10H14ClN3O2S. The number of nitrogens with zero attached hydrogens (tertiary/aromatic N) is 2. The third-order valence-electron chi connectivity index (χ3n) is 2.84. The highest BCUT2D eigenvalue weighted by Crippen LogP contribution is 2.19. The molecule has 7 heteroatoms. The first kappa shape index (κ1) is 12.6. The number of halogens is 1. The van der Waals surface area contributed by atoms with Crippen LogP contribution in [0.3, 0.4) is 0 Å². The molecule has 1 aromatic heterocycles. The van der Waals surface area contributed by atoms with Crippen LogP contribution in [0.4, 0.5) is 5.82 Å². The van der Waals surface area contributed by atoms with Crippen molar-refractivity contribution in [1.29, 1.82) is 0 Å². The first-order valence-corrected chi connectivity index (χ1v) is 7.62. The van der Waals surface area contributed by atoms with E-state index in [0.717, 1.165) is 5.56 Å². The van der Waals surface area contributed by atoms with E-state index in [2.05, 4.69) is 15.3 Å². The normalized spacial score (nSPS) is 20.1. The molecule has 1 aliphatic heterocycles. The number of aromatic nitrogens is 2. The number of hydrogen-bond donors (Lipinski definition) is 1. The fraction of sp³-hybridized carbons (Fsp3) is 0.600. The lowest BCUT2D eigenvalue weighted by Gasteiger charge is -2.24. The van der Waals surface area contributed by atoms with Crippen LogP contribution in [0.15, 0.2) is 6.20 Å². The summed E-state index contributed by atoms with van der Waals surface area (Å²) in [5, 5.41) is 3.42. The van der Waals surface area contributed by atoms with Crippen molar-refractivity contribution in [1.82, 2.24) is 9.97 Å². The van der Waals surface area contributed by atoms with Gasteiger partial charge in [0.05, 0.1) is 11.5 Å². The van der Waals surface area contributed by atoms with E-state index in [4.69, 9.17) is 11.6 Å². The Morgan fingerprint density at radius 1 is 1.41 bits per heavy atom. The van der Waals surface area contributed by atoms with Crippen LogP contribution in [0.5, 0.6) is 0 Å². The van der Waals surface area contributed by atoms with Gasteiger partial charge in [0.15, 0.2) is 0 Å². The minimum atomic E-state index is -2.83. The molecule has 1 saturated heterocycles. The Bertz CT molecular complexity index is 504. The van der Waals surface area contributed by atoms with Gasteiger partial charge in [-0.2, -0.15) is 0 Å². The quantitative estimate of drug-likeness (QED) is 0.827. The van der Waals surface area contributed by atoms with E-state index in [1.807, 2.05) is 6.92 Å². The van der Waals surface area contributed by atoms with Crippen molar-refractivity contribution < 1.29 is 8.42 Å². The molecule has 0 spiro atoms. The zero-order valence-corrected chi connectivity index (χ0v) is 11.1. The lowest BCUT2D eigenvalue weighted by atomic mass is 10.1. The van der Waals surface area contributed by atoms with Gasteiger partial charge in [-0.05, 0) is 31.4 Å². The van der Waals surface area contributed by atoms with Crippen LogP contribution in [-0.2, 0) is 9.84 Å². The molecule has 0 amide bonds. The summed E-state index contributed by atoms with van der Waals surface area (Å²) in [6, 6.07) is 0.142. The van der Waals surface area contributed by atoms with Crippen LogP contribution in [0.1, 0.15) is 18.4 Å². The molecule has 2 heterocycles. The molecule has 1 aromatic rings. The SMILES string of the molecule is Cc1cnc(Cl)nc1NC1CCS(=O)(=O)CC1. The highest BCUT2D eigenvalue weighted by Gasteiger charge is 2.24. The Morgan fingerprint density at radius 3 is 2.71 bits per heavy atom. The average Bonchev–Trinajstić information content (AvgIpc) is 2.26. The fourth-order valence-electron chi connectivity index (χ4n) is 1.79. The smallest absolute Gasteiger partial charge is 0.224 e. The Balaban J connectivity index is 2.05. The van der Waals surface area contributed by atoms with Gasteiger partial charge in [-0.1, -0.05) is 0 Å². The Labute approximate surface area is 106 Å². The number of aryl methyl sites for hydroxylation is 1. The first-order valence-electron chi connectivity index (χ1n) is 5.42. The van der Waals surface area contributed by atoms with Crippen molar-refractivity contribution in [2.75, 3.05) is 16.8 Å². The van der Waals surface area contributed by atoms with Gasteiger partial charge in [-0.25, -0.2) is 18.4 Å². The molecule has 1 aliphatic rings. The van der Waals surface area contributed by atoms with Gasteiger partial charge in [-0.15, -0.1) is 0 Å². The Morgan fingerprint density at radius 2 is 2.06 bits per heavy atom. The number of sulfone groups is 1. The van der Waals surface area contributed by atoms with E-state index in [1.165, 1.54) is 0 Å². The van der Waals surface area contributed by atoms with Crippen molar-refractivity contribution >= 4 is 27.3 Å². The second-order valence-corrected chi connectivity index (χ2v) is 6.88. The summed E-state index contributed by atoms with van der Waals surface area (Å²) >= 11 is 5.72. The molecule has 0 saturated carbocycles. The Hall–Kier alpha value is -0.880. The fourth-order valence-corrected chi connectivity index (χ4v) is 3.42. The van der Waals surface area contributed by atoms with Crippen molar-refractivity contribution in [3.63, 3.8) is 0 Å². The van der Waals surface area contributed by atoms with Gasteiger partial charge in [0.1, 0.15) is 15.7 Å². The summed E-state index contributed by atoms with van der Waals surface area (Å²) in [5.74, 6) is 1.17. The van der Waals surface area contributed by atoms with Crippen molar-refractivity contribution in [3.8, 4) is 0 Å². The predicted molar refractivity (Wildman–Crippen MR) is 67.1 cm³/mol. The third kappa shape index (κ3) is 3.29. The van der Waals surface area contributed by atoms with Gasteiger partial charge in [-0.3, -0.25) is 0 Å². The van der Waals surface area contributed by atoms with Crippen LogP contribution >= 0.6 is 11.6 Å². The molecule has 2 rings (SSSR count). The van der Waals surface area contributed by atoms with E-state index >= 15 is 0 Å². The minimum Gasteiger partial charge on any atom is -0.367 e. The number of rotatable bonds is 2. The standard InChI is InChI=1S/C10H14ClN3O2S/c1-7-6-12-10(11)14-9(7)13-8-2-4-17(15,16)5-3-8/h6,8H,2-5H2,1H3,(H,12,13,14). The van der Waals surface area contributed by atoms with E-state index < -0.39 is 9.84 Å². The van der Waals surface area contributed by atoms with Gasteiger partial charge < -0.3 is 5.32 Å². The minimum absolute atomic E-state index is 0.142. The van der Waals surface area contributed by atoms with Crippen LogP contribution in [0.25, 0.3) is 0 Å². The van der Waals surface area contributed by atoms with E-state index in [0.29, 0.717) is 18.7 Å². The van der Waals surface area contributed by atoms with Gasteiger partial charge >= 0.3 is 0 Å². The summed E-state index contributed by atoms with van der Waals surface area (Å²) in [6.45, 7) is 1.89. The largest absolute Gasteiger partial charge is 0.367 e. The zero-order chi connectivity index (χ0) is 12.5. The number of nitrogens with one attached hydrogen (secondary N) is 1. The molecule has 1 N–H and O–H groups in total. The molecule has 94 valence electrons. The molecule has 17 heavy (non-hydrogen) atoms.